The number of anilines is 1. The lowest BCUT2D eigenvalue weighted by molar-refractivity contribution is 0.607. The third kappa shape index (κ3) is 3.65. The van der Waals surface area contributed by atoms with Crippen LogP contribution in [-0.4, -0.2) is 4.99 Å². The van der Waals surface area contributed by atoms with Crippen LogP contribution in [0.1, 0.15) is 25.3 Å². The maximum absolute atomic E-state index is 5.60. The van der Waals surface area contributed by atoms with E-state index in [2.05, 4.69) is 43.4 Å². The van der Waals surface area contributed by atoms with E-state index in [9.17, 15) is 0 Å². The first-order chi connectivity index (χ1) is 9.18. The smallest absolute Gasteiger partial charge is 0.0875 e. The van der Waals surface area contributed by atoms with Crippen molar-refractivity contribution in [3.8, 4) is 0 Å². The highest BCUT2D eigenvalue weighted by molar-refractivity contribution is 7.80. The van der Waals surface area contributed by atoms with Gasteiger partial charge in [0.2, 0.25) is 0 Å². The molecule has 0 spiro atoms. The number of rotatable bonds is 4. The standard InChI is InChI=1S/C17H19NS/c1-13(2)16(14-9-5-3-6-10-14)17(19)18-15-11-7-4-8-12-15/h3-13,16H,1-2H3,(H,18,19). The fourth-order valence-corrected chi connectivity index (χ4v) is 2.77. The van der Waals surface area contributed by atoms with Gasteiger partial charge in [-0.05, 0) is 23.6 Å². The Hall–Kier alpha value is -1.67. The van der Waals surface area contributed by atoms with Gasteiger partial charge < -0.3 is 5.32 Å². The SMILES string of the molecule is CC(C)C(C(=S)Nc1ccccc1)c1ccccc1. The van der Waals surface area contributed by atoms with Gasteiger partial charge in [0.25, 0.3) is 0 Å². The van der Waals surface area contributed by atoms with Crippen molar-refractivity contribution in [2.24, 2.45) is 5.92 Å². The van der Waals surface area contributed by atoms with Gasteiger partial charge in [-0.2, -0.15) is 0 Å². The Morgan fingerprint density at radius 2 is 1.42 bits per heavy atom. The topological polar surface area (TPSA) is 12.0 Å². The molecule has 0 fully saturated rings. The van der Waals surface area contributed by atoms with Crippen molar-refractivity contribution in [3.05, 3.63) is 66.2 Å². The molecule has 0 heterocycles. The van der Waals surface area contributed by atoms with Crippen molar-refractivity contribution >= 4 is 22.9 Å². The highest BCUT2D eigenvalue weighted by atomic mass is 32.1. The summed E-state index contributed by atoms with van der Waals surface area (Å²) >= 11 is 5.60. The molecule has 0 aliphatic rings. The van der Waals surface area contributed by atoms with Crippen LogP contribution < -0.4 is 5.32 Å². The summed E-state index contributed by atoms with van der Waals surface area (Å²) in [5.41, 5.74) is 2.32. The monoisotopic (exact) mass is 269 g/mol. The first kappa shape index (κ1) is 13.8. The van der Waals surface area contributed by atoms with Crippen LogP contribution in [0.2, 0.25) is 0 Å². The second kappa shape index (κ2) is 6.48. The maximum atomic E-state index is 5.60. The Morgan fingerprint density at radius 1 is 0.895 bits per heavy atom. The predicted molar refractivity (Wildman–Crippen MR) is 86.7 cm³/mol. The summed E-state index contributed by atoms with van der Waals surface area (Å²) < 4.78 is 0. The Labute approximate surface area is 120 Å². The fourth-order valence-electron chi connectivity index (χ4n) is 2.24. The molecule has 98 valence electrons. The van der Waals surface area contributed by atoms with Crippen LogP contribution in [0.5, 0.6) is 0 Å². The molecule has 1 nitrogen and oxygen atoms in total. The molecule has 2 heteroatoms. The average Bonchev–Trinajstić information content (AvgIpc) is 2.40. The second-order valence-corrected chi connectivity index (χ2v) is 5.43. The van der Waals surface area contributed by atoms with E-state index >= 15 is 0 Å². The van der Waals surface area contributed by atoms with Gasteiger partial charge in [0, 0.05) is 11.6 Å². The Kier molecular flexibility index (Phi) is 4.69. The molecule has 2 aromatic carbocycles. The third-order valence-corrected chi connectivity index (χ3v) is 3.51. The van der Waals surface area contributed by atoms with Crippen LogP contribution in [-0.2, 0) is 0 Å². The maximum Gasteiger partial charge on any atom is 0.0875 e. The number of hydrogen-bond donors (Lipinski definition) is 1. The number of hydrogen-bond acceptors (Lipinski definition) is 1. The zero-order valence-electron chi connectivity index (χ0n) is 11.3. The quantitative estimate of drug-likeness (QED) is 0.795. The molecular formula is C17H19NS. The van der Waals surface area contributed by atoms with Gasteiger partial charge in [0.05, 0.1) is 4.99 Å². The summed E-state index contributed by atoms with van der Waals surface area (Å²) in [7, 11) is 0. The van der Waals surface area contributed by atoms with E-state index in [1.165, 1.54) is 5.56 Å². The molecular weight excluding hydrogens is 250 g/mol. The third-order valence-electron chi connectivity index (χ3n) is 3.15. The highest BCUT2D eigenvalue weighted by Crippen LogP contribution is 2.26. The Morgan fingerprint density at radius 3 is 1.95 bits per heavy atom. The molecule has 1 unspecified atom stereocenters. The zero-order chi connectivity index (χ0) is 13.7. The van der Waals surface area contributed by atoms with E-state index in [1.807, 2.05) is 36.4 Å². The lowest BCUT2D eigenvalue weighted by Gasteiger charge is -2.23. The highest BCUT2D eigenvalue weighted by Gasteiger charge is 2.20. The molecule has 0 saturated heterocycles. The zero-order valence-corrected chi connectivity index (χ0v) is 12.2. The first-order valence-corrected chi connectivity index (χ1v) is 7.00. The second-order valence-electron chi connectivity index (χ2n) is 4.99. The van der Waals surface area contributed by atoms with Gasteiger partial charge >= 0.3 is 0 Å². The fraction of sp³-hybridized carbons (Fsp3) is 0.235. The van der Waals surface area contributed by atoms with E-state index < -0.39 is 0 Å². The van der Waals surface area contributed by atoms with Gasteiger partial charge in [0.15, 0.2) is 0 Å². The van der Waals surface area contributed by atoms with Gasteiger partial charge in [-0.1, -0.05) is 74.6 Å². The predicted octanol–water partition coefficient (Wildman–Crippen LogP) is 4.87. The van der Waals surface area contributed by atoms with Crippen LogP contribution in [0.15, 0.2) is 60.7 Å². The molecule has 2 aromatic rings. The Balaban J connectivity index is 2.19. The van der Waals surface area contributed by atoms with E-state index in [1.54, 1.807) is 0 Å². The molecule has 0 aliphatic carbocycles. The molecule has 0 amide bonds. The normalized spacial score (nSPS) is 12.2. The molecule has 1 atom stereocenters. The molecule has 0 aromatic heterocycles. The van der Waals surface area contributed by atoms with Crippen molar-refractivity contribution in [3.63, 3.8) is 0 Å². The van der Waals surface area contributed by atoms with Crippen LogP contribution in [0, 0.1) is 5.92 Å². The molecule has 2 rings (SSSR count). The summed E-state index contributed by atoms with van der Waals surface area (Å²) in [6.45, 7) is 4.41. The van der Waals surface area contributed by atoms with Crippen molar-refractivity contribution < 1.29 is 0 Å². The average molecular weight is 269 g/mol. The summed E-state index contributed by atoms with van der Waals surface area (Å²) in [6.07, 6.45) is 0. The number of thiocarbonyl (C=S) groups is 1. The molecule has 0 saturated carbocycles. The molecule has 0 aliphatic heterocycles. The van der Waals surface area contributed by atoms with Gasteiger partial charge in [-0.25, -0.2) is 0 Å². The largest absolute Gasteiger partial charge is 0.350 e. The Bertz CT molecular complexity index is 519. The first-order valence-electron chi connectivity index (χ1n) is 6.59. The minimum atomic E-state index is 0.247. The van der Waals surface area contributed by atoms with Gasteiger partial charge in [-0.3, -0.25) is 0 Å². The summed E-state index contributed by atoms with van der Waals surface area (Å²) in [5, 5.41) is 3.35. The molecule has 0 radical (unpaired) electrons. The van der Waals surface area contributed by atoms with Crippen molar-refractivity contribution in [2.75, 3.05) is 5.32 Å². The van der Waals surface area contributed by atoms with Crippen molar-refractivity contribution in [1.82, 2.24) is 0 Å². The van der Waals surface area contributed by atoms with Crippen molar-refractivity contribution in [1.29, 1.82) is 0 Å². The van der Waals surface area contributed by atoms with E-state index in [-0.39, 0.29) is 5.92 Å². The lowest BCUT2D eigenvalue weighted by atomic mass is 9.88. The van der Waals surface area contributed by atoms with Crippen LogP contribution in [0.3, 0.4) is 0 Å². The number of para-hydroxylation sites is 1. The van der Waals surface area contributed by atoms with E-state index in [4.69, 9.17) is 12.2 Å². The molecule has 0 bridgehead atoms. The summed E-state index contributed by atoms with van der Waals surface area (Å²) in [5.74, 6) is 0.711. The van der Waals surface area contributed by atoms with E-state index in [0.717, 1.165) is 10.7 Å². The van der Waals surface area contributed by atoms with Crippen LogP contribution in [0.25, 0.3) is 0 Å². The summed E-state index contributed by atoms with van der Waals surface area (Å²) in [4.78, 5) is 0.882. The van der Waals surface area contributed by atoms with Crippen LogP contribution >= 0.6 is 12.2 Å². The van der Waals surface area contributed by atoms with E-state index in [0.29, 0.717) is 5.92 Å². The van der Waals surface area contributed by atoms with Gasteiger partial charge in [0.1, 0.15) is 0 Å². The summed E-state index contributed by atoms with van der Waals surface area (Å²) in [6, 6.07) is 20.6. The number of benzene rings is 2. The lowest BCUT2D eigenvalue weighted by Crippen LogP contribution is -2.23. The minimum absolute atomic E-state index is 0.247. The minimum Gasteiger partial charge on any atom is -0.350 e. The number of nitrogens with one attached hydrogen (secondary N) is 1. The van der Waals surface area contributed by atoms with Crippen LogP contribution in [0.4, 0.5) is 5.69 Å². The molecule has 1 N–H and O–H groups in total. The van der Waals surface area contributed by atoms with Gasteiger partial charge in [-0.15, -0.1) is 0 Å². The molecule has 19 heavy (non-hydrogen) atoms. The van der Waals surface area contributed by atoms with Crippen molar-refractivity contribution in [2.45, 2.75) is 19.8 Å².